The number of aryl methyl sites for hydroxylation is 2. The van der Waals surface area contributed by atoms with Gasteiger partial charge >= 0.3 is 17.8 Å². The van der Waals surface area contributed by atoms with E-state index in [-0.39, 0.29) is 29.9 Å². The predicted molar refractivity (Wildman–Crippen MR) is 116 cm³/mol. The van der Waals surface area contributed by atoms with Crippen LogP contribution in [0.5, 0.6) is 0 Å². The Balaban J connectivity index is 1.63. The molecule has 3 rings (SSSR count). The molecule has 3 heterocycles. The third kappa shape index (κ3) is 6.76. The number of aromatic nitrogens is 3. The molecule has 0 aliphatic heterocycles. The molecule has 0 unspecified atom stereocenters. The SMILES string of the molecule is NCC(Cn1ccn(Cc2ccc(CCc3ccc(=O)n(OC(=O)C(F)(F)F)c3)s2)c1=O)=C(F)F. The van der Waals surface area contributed by atoms with Crippen LogP contribution >= 0.6 is 11.3 Å². The summed E-state index contributed by atoms with van der Waals surface area (Å²) in [4.78, 5) is 40.9. The maximum Gasteiger partial charge on any atom is 0.493 e. The highest BCUT2D eigenvalue weighted by atomic mass is 32.1. The molecule has 8 nitrogen and oxygen atoms in total. The Labute approximate surface area is 198 Å². The lowest BCUT2D eigenvalue weighted by atomic mass is 10.1. The van der Waals surface area contributed by atoms with Crippen molar-refractivity contribution in [2.24, 2.45) is 5.73 Å². The summed E-state index contributed by atoms with van der Waals surface area (Å²) in [6, 6.07) is 6.02. The molecule has 0 aromatic carbocycles. The first-order chi connectivity index (χ1) is 16.5. The van der Waals surface area contributed by atoms with Gasteiger partial charge in [-0.3, -0.25) is 13.9 Å². The van der Waals surface area contributed by atoms with Gasteiger partial charge in [-0.05, 0) is 30.5 Å². The molecule has 0 amide bonds. The zero-order valence-corrected chi connectivity index (χ0v) is 18.7. The highest BCUT2D eigenvalue weighted by Gasteiger charge is 2.42. The third-order valence-corrected chi connectivity index (χ3v) is 5.98. The molecule has 0 saturated heterocycles. The third-order valence-electron chi connectivity index (χ3n) is 4.85. The second kappa shape index (κ2) is 10.8. The number of imidazole rings is 1. The lowest BCUT2D eigenvalue weighted by molar-refractivity contribution is -0.200. The lowest BCUT2D eigenvalue weighted by Crippen LogP contribution is -2.38. The highest BCUT2D eigenvalue weighted by Crippen LogP contribution is 2.20. The van der Waals surface area contributed by atoms with E-state index in [0.29, 0.717) is 18.4 Å². The van der Waals surface area contributed by atoms with E-state index in [4.69, 9.17) is 5.73 Å². The number of halogens is 5. The molecule has 0 aliphatic carbocycles. The number of carbonyl (C=O) groups is 1. The van der Waals surface area contributed by atoms with E-state index in [0.717, 1.165) is 26.6 Å². The summed E-state index contributed by atoms with van der Waals surface area (Å²) in [5.41, 5.74) is 4.03. The van der Waals surface area contributed by atoms with Gasteiger partial charge in [0.25, 0.3) is 11.6 Å². The summed E-state index contributed by atoms with van der Waals surface area (Å²) in [6.45, 7) is -0.452. The normalized spacial score (nSPS) is 11.5. The molecule has 0 atom stereocenters. The van der Waals surface area contributed by atoms with Crippen molar-refractivity contribution in [2.45, 2.75) is 32.1 Å². The number of carbonyl (C=O) groups excluding carboxylic acids is 1. The van der Waals surface area contributed by atoms with Gasteiger partial charge in [0.05, 0.1) is 19.3 Å². The van der Waals surface area contributed by atoms with E-state index in [1.54, 1.807) is 6.07 Å². The van der Waals surface area contributed by atoms with Gasteiger partial charge in [-0.15, -0.1) is 16.1 Å². The smallest absolute Gasteiger partial charge is 0.327 e. The molecular weight excluding hydrogens is 499 g/mol. The first-order valence-electron chi connectivity index (χ1n) is 10.0. The van der Waals surface area contributed by atoms with Gasteiger partial charge in [-0.2, -0.15) is 22.0 Å². The van der Waals surface area contributed by atoms with Gasteiger partial charge in [0.2, 0.25) is 0 Å². The minimum atomic E-state index is -5.24. The summed E-state index contributed by atoms with van der Waals surface area (Å²) in [5, 5.41) is 0. The van der Waals surface area contributed by atoms with Crippen molar-refractivity contribution in [2.75, 3.05) is 6.54 Å². The van der Waals surface area contributed by atoms with Crippen LogP contribution in [-0.2, 0) is 30.7 Å². The number of nitrogens with zero attached hydrogens (tertiary/aromatic N) is 3. The Morgan fingerprint density at radius 2 is 1.69 bits per heavy atom. The van der Waals surface area contributed by atoms with Crippen LogP contribution < -0.4 is 21.8 Å². The second-order valence-corrected chi connectivity index (χ2v) is 8.60. The van der Waals surface area contributed by atoms with E-state index < -0.39 is 29.5 Å². The van der Waals surface area contributed by atoms with Crippen molar-refractivity contribution < 1.29 is 31.6 Å². The van der Waals surface area contributed by atoms with Crippen LogP contribution in [0.15, 0.2) is 64.1 Å². The summed E-state index contributed by atoms with van der Waals surface area (Å²) >= 11 is 1.39. The molecule has 188 valence electrons. The highest BCUT2D eigenvalue weighted by molar-refractivity contribution is 7.11. The number of nitrogens with two attached hydrogens (primary N) is 1. The molecule has 3 aromatic heterocycles. The van der Waals surface area contributed by atoms with E-state index in [1.165, 1.54) is 34.4 Å². The Bertz CT molecular complexity index is 1350. The van der Waals surface area contributed by atoms with Crippen LogP contribution in [-0.4, -0.2) is 32.6 Å². The molecule has 0 saturated carbocycles. The van der Waals surface area contributed by atoms with Crippen molar-refractivity contribution in [3.05, 3.63) is 90.7 Å². The van der Waals surface area contributed by atoms with Crippen molar-refractivity contribution in [3.8, 4) is 0 Å². The largest absolute Gasteiger partial charge is 0.493 e. The maximum absolute atomic E-state index is 12.8. The topological polar surface area (TPSA) is 101 Å². The number of pyridine rings is 1. The fraction of sp³-hybridized carbons (Fsp3) is 0.286. The van der Waals surface area contributed by atoms with Crippen LogP contribution in [0, 0.1) is 0 Å². The Morgan fingerprint density at radius 3 is 2.34 bits per heavy atom. The minimum Gasteiger partial charge on any atom is -0.327 e. The molecule has 2 N–H and O–H groups in total. The second-order valence-electron chi connectivity index (χ2n) is 7.35. The number of alkyl halides is 3. The van der Waals surface area contributed by atoms with Crippen molar-refractivity contribution in [1.29, 1.82) is 0 Å². The molecular formula is C21H19F5N4O4S. The van der Waals surface area contributed by atoms with Crippen LogP contribution in [0.3, 0.4) is 0 Å². The number of hydrogen-bond acceptors (Lipinski definition) is 6. The quantitative estimate of drug-likeness (QED) is 0.439. The summed E-state index contributed by atoms with van der Waals surface area (Å²) < 4.78 is 65.5. The van der Waals surface area contributed by atoms with Crippen LogP contribution in [0.4, 0.5) is 22.0 Å². The van der Waals surface area contributed by atoms with Gasteiger partial charge in [0.15, 0.2) is 0 Å². The maximum atomic E-state index is 12.8. The van der Waals surface area contributed by atoms with E-state index in [9.17, 15) is 36.3 Å². The Hall–Kier alpha value is -3.52. The molecule has 35 heavy (non-hydrogen) atoms. The first kappa shape index (κ1) is 26.1. The Kier molecular flexibility index (Phi) is 8.07. The zero-order chi connectivity index (χ0) is 25.8. The van der Waals surface area contributed by atoms with Crippen molar-refractivity contribution in [3.63, 3.8) is 0 Å². The summed E-state index contributed by atoms with van der Waals surface area (Å²) in [7, 11) is 0. The van der Waals surface area contributed by atoms with Crippen molar-refractivity contribution >= 4 is 17.3 Å². The monoisotopic (exact) mass is 518 g/mol. The van der Waals surface area contributed by atoms with Crippen molar-refractivity contribution in [1.82, 2.24) is 13.9 Å². The molecule has 3 aromatic rings. The fourth-order valence-electron chi connectivity index (χ4n) is 3.05. The molecule has 0 aliphatic rings. The predicted octanol–water partition coefficient (Wildman–Crippen LogP) is 2.33. The van der Waals surface area contributed by atoms with Gasteiger partial charge in [0.1, 0.15) is 0 Å². The number of rotatable bonds is 9. The van der Waals surface area contributed by atoms with Crippen LogP contribution in [0.1, 0.15) is 15.3 Å². The average molecular weight is 518 g/mol. The van der Waals surface area contributed by atoms with Gasteiger partial charge < -0.3 is 10.6 Å². The molecule has 0 radical (unpaired) electrons. The molecule has 0 spiro atoms. The van der Waals surface area contributed by atoms with Gasteiger partial charge in [-0.1, -0.05) is 6.07 Å². The molecule has 0 fully saturated rings. The summed E-state index contributed by atoms with van der Waals surface area (Å²) in [6.07, 6.45) is -2.45. The average Bonchev–Trinajstić information content (AvgIpc) is 3.38. The summed E-state index contributed by atoms with van der Waals surface area (Å²) in [5.74, 6) is -2.51. The van der Waals surface area contributed by atoms with E-state index in [1.807, 2.05) is 6.07 Å². The minimum absolute atomic E-state index is 0.217. The van der Waals surface area contributed by atoms with Gasteiger partial charge in [-0.25, -0.2) is 9.59 Å². The Morgan fingerprint density at radius 1 is 1.00 bits per heavy atom. The standard InChI is InChI=1S/C21H19F5N4O4S/c22-18(23)14(9-27)11-28-7-8-29(20(28)33)12-16-5-4-15(35-16)3-1-13-2-6-17(31)30(10-13)34-19(32)21(24,25)26/h2,4-8,10H,1,3,9,11-12,27H2. The van der Waals surface area contributed by atoms with E-state index in [2.05, 4.69) is 4.84 Å². The number of hydrogen-bond donors (Lipinski definition) is 1. The van der Waals surface area contributed by atoms with Crippen LogP contribution in [0.2, 0.25) is 0 Å². The van der Waals surface area contributed by atoms with Crippen LogP contribution in [0.25, 0.3) is 0 Å². The van der Waals surface area contributed by atoms with E-state index >= 15 is 0 Å². The molecule has 0 bridgehead atoms. The first-order valence-corrected chi connectivity index (χ1v) is 10.9. The molecule has 14 heteroatoms. The number of thiophene rings is 1. The fourth-order valence-corrected chi connectivity index (χ4v) is 4.06. The zero-order valence-electron chi connectivity index (χ0n) is 17.9. The lowest BCUT2D eigenvalue weighted by Gasteiger charge is -2.09. The van der Waals surface area contributed by atoms with Gasteiger partial charge in [0, 0.05) is 40.3 Å².